The molecule has 0 spiro atoms. The van der Waals surface area contributed by atoms with Crippen molar-refractivity contribution < 1.29 is 4.74 Å². The Morgan fingerprint density at radius 2 is 2.15 bits per heavy atom. The number of hydrogen-bond acceptors (Lipinski definition) is 4. The molecule has 6 heteroatoms. The highest BCUT2D eigenvalue weighted by molar-refractivity contribution is 6.30. The zero-order valence-corrected chi connectivity index (χ0v) is 13.7. The fraction of sp³-hybridized carbons (Fsp3) is 0.786. The first-order valence-electron chi connectivity index (χ1n) is 7.16. The van der Waals surface area contributed by atoms with E-state index in [-0.39, 0.29) is 0 Å². The lowest BCUT2D eigenvalue weighted by Crippen LogP contribution is -2.52. The first-order chi connectivity index (χ1) is 9.52. The van der Waals surface area contributed by atoms with Gasteiger partial charge in [0.25, 0.3) is 0 Å². The van der Waals surface area contributed by atoms with Crippen LogP contribution >= 0.6 is 11.6 Å². The summed E-state index contributed by atoms with van der Waals surface area (Å²) >= 11 is 6.31. The predicted octanol–water partition coefficient (Wildman–Crippen LogP) is 1.53. The van der Waals surface area contributed by atoms with Crippen molar-refractivity contribution in [2.75, 3.05) is 39.9 Å². The highest BCUT2D eigenvalue weighted by Crippen LogP contribution is 2.22. The summed E-state index contributed by atoms with van der Waals surface area (Å²) in [7, 11) is 3.65. The molecule has 0 amide bonds. The maximum Gasteiger partial charge on any atom is 0.131 e. The van der Waals surface area contributed by atoms with Gasteiger partial charge in [0.15, 0.2) is 0 Å². The van der Waals surface area contributed by atoms with Crippen molar-refractivity contribution in [1.29, 1.82) is 0 Å². The van der Waals surface area contributed by atoms with Gasteiger partial charge in [0, 0.05) is 58.5 Å². The van der Waals surface area contributed by atoms with E-state index >= 15 is 0 Å². The summed E-state index contributed by atoms with van der Waals surface area (Å²) in [5.41, 5.74) is 2.19. The van der Waals surface area contributed by atoms with Crippen molar-refractivity contribution in [3.63, 3.8) is 0 Å². The number of aryl methyl sites for hydroxylation is 2. The van der Waals surface area contributed by atoms with Crippen LogP contribution in [0.25, 0.3) is 0 Å². The molecule has 0 saturated carbocycles. The van der Waals surface area contributed by atoms with Gasteiger partial charge in [-0.2, -0.15) is 5.10 Å². The van der Waals surface area contributed by atoms with E-state index in [1.165, 1.54) is 0 Å². The van der Waals surface area contributed by atoms with Crippen LogP contribution in [0.3, 0.4) is 0 Å². The Morgan fingerprint density at radius 3 is 2.70 bits per heavy atom. The van der Waals surface area contributed by atoms with Gasteiger partial charge in [-0.1, -0.05) is 11.6 Å². The highest BCUT2D eigenvalue weighted by atomic mass is 35.5. The zero-order valence-electron chi connectivity index (χ0n) is 12.9. The van der Waals surface area contributed by atoms with Crippen molar-refractivity contribution in [2.24, 2.45) is 7.05 Å². The number of methoxy groups -OCH3 is 1. The smallest absolute Gasteiger partial charge is 0.131 e. The normalized spacial score (nSPS) is 21.6. The maximum atomic E-state index is 6.31. The van der Waals surface area contributed by atoms with Crippen LogP contribution in [0.4, 0.5) is 0 Å². The molecule has 0 unspecified atom stereocenters. The van der Waals surface area contributed by atoms with Crippen molar-refractivity contribution in [1.82, 2.24) is 19.6 Å². The van der Waals surface area contributed by atoms with Crippen molar-refractivity contribution >= 4 is 11.6 Å². The molecule has 2 rings (SSSR count). The van der Waals surface area contributed by atoms with Crippen molar-refractivity contribution in [3.05, 3.63) is 16.4 Å². The quantitative estimate of drug-likeness (QED) is 0.826. The molecule has 1 saturated heterocycles. The van der Waals surface area contributed by atoms with Crippen LogP contribution in [0.15, 0.2) is 0 Å². The Labute approximate surface area is 126 Å². The van der Waals surface area contributed by atoms with Gasteiger partial charge in [-0.25, -0.2) is 0 Å². The van der Waals surface area contributed by atoms with Gasteiger partial charge in [-0.05, 0) is 13.8 Å². The van der Waals surface area contributed by atoms with E-state index in [2.05, 4.69) is 21.8 Å². The van der Waals surface area contributed by atoms with Gasteiger partial charge in [-0.3, -0.25) is 14.5 Å². The van der Waals surface area contributed by atoms with E-state index in [1.54, 1.807) is 11.8 Å². The minimum Gasteiger partial charge on any atom is -0.383 e. The Balaban J connectivity index is 1.93. The molecule has 1 atom stereocenters. The molecule has 2 heterocycles. The summed E-state index contributed by atoms with van der Waals surface area (Å²) in [5, 5.41) is 5.14. The van der Waals surface area contributed by atoms with Gasteiger partial charge in [0.1, 0.15) is 5.15 Å². The Bertz CT molecular complexity index is 449. The number of hydrogen-bond donors (Lipinski definition) is 0. The fourth-order valence-electron chi connectivity index (χ4n) is 2.83. The van der Waals surface area contributed by atoms with E-state index in [0.717, 1.165) is 55.7 Å². The van der Waals surface area contributed by atoms with Crippen LogP contribution in [-0.2, 0) is 18.3 Å². The number of ether oxygens (including phenoxy) is 1. The molecule has 1 aliphatic rings. The topological polar surface area (TPSA) is 33.5 Å². The average molecular weight is 301 g/mol. The lowest BCUT2D eigenvalue weighted by atomic mass is 10.1. The molecule has 0 aliphatic carbocycles. The number of halogens is 1. The molecule has 0 bridgehead atoms. The molecule has 1 aromatic heterocycles. The number of rotatable bonds is 5. The SMILES string of the molecule is COCCN1CCN(Cc2c(C)nn(C)c2Cl)C[C@H]1C. The third-order valence-electron chi connectivity index (χ3n) is 4.08. The van der Waals surface area contributed by atoms with Crippen molar-refractivity contribution in [2.45, 2.75) is 26.4 Å². The Kier molecular flexibility index (Phi) is 5.43. The minimum absolute atomic E-state index is 0.551. The second-order valence-electron chi connectivity index (χ2n) is 5.59. The van der Waals surface area contributed by atoms with Crippen molar-refractivity contribution in [3.8, 4) is 0 Å². The van der Waals surface area contributed by atoms with E-state index in [0.29, 0.717) is 6.04 Å². The van der Waals surface area contributed by atoms with Gasteiger partial charge >= 0.3 is 0 Å². The number of nitrogens with zero attached hydrogens (tertiary/aromatic N) is 4. The van der Waals surface area contributed by atoms with Gasteiger partial charge in [-0.15, -0.1) is 0 Å². The second-order valence-corrected chi connectivity index (χ2v) is 5.95. The monoisotopic (exact) mass is 300 g/mol. The Morgan fingerprint density at radius 1 is 1.40 bits per heavy atom. The van der Waals surface area contributed by atoms with Crippen LogP contribution in [0.5, 0.6) is 0 Å². The lowest BCUT2D eigenvalue weighted by molar-refractivity contribution is 0.0557. The summed E-state index contributed by atoms with van der Waals surface area (Å²) in [4.78, 5) is 4.95. The largest absolute Gasteiger partial charge is 0.383 e. The van der Waals surface area contributed by atoms with Crippen LogP contribution in [0.2, 0.25) is 5.15 Å². The molecule has 1 fully saturated rings. The molecule has 0 radical (unpaired) electrons. The van der Waals surface area contributed by atoms with Gasteiger partial charge in [0.2, 0.25) is 0 Å². The summed E-state index contributed by atoms with van der Waals surface area (Å²) in [6.45, 7) is 10.2. The number of aromatic nitrogens is 2. The first kappa shape index (κ1) is 15.8. The summed E-state index contributed by atoms with van der Waals surface area (Å²) < 4.78 is 6.92. The molecule has 114 valence electrons. The third kappa shape index (κ3) is 3.52. The summed E-state index contributed by atoms with van der Waals surface area (Å²) in [5.74, 6) is 0. The molecule has 0 aromatic carbocycles. The fourth-order valence-corrected chi connectivity index (χ4v) is 3.07. The van der Waals surface area contributed by atoms with Crippen LogP contribution in [0.1, 0.15) is 18.2 Å². The standard InChI is InChI=1S/C14H25ClN4O/c1-11-9-18(5-6-19(11)7-8-20-4)10-13-12(2)16-17(3)14(13)15/h11H,5-10H2,1-4H3/t11-/m1/s1. The molecular formula is C14H25ClN4O. The first-order valence-corrected chi connectivity index (χ1v) is 7.54. The van der Waals surface area contributed by atoms with Gasteiger partial charge < -0.3 is 4.74 Å². The predicted molar refractivity (Wildman–Crippen MR) is 81.1 cm³/mol. The van der Waals surface area contributed by atoms with E-state index in [9.17, 15) is 0 Å². The van der Waals surface area contributed by atoms with Crippen LogP contribution in [0, 0.1) is 6.92 Å². The zero-order chi connectivity index (χ0) is 14.7. The van der Waals surface area contributed by atoms with E-state index in [4.69, 9.17) is 16.3 Å². The third-order valence-corrected chi connectivity index (χ3v) is 4.56. The second kappa shape index (κ2) is 6.89. The highest BCUT2D eigenvalue weighted by Gasteiger charge is 2.24. The minimum atomic E-state index is 0.551. The molecule has 0 N–H and O–H groups in total. The van der Waals surface area contributed by atoms with Crippen LogP contribution in [-0.4, -0.2) is 65.5 Å². The molecule has 20 heavy (non-hydrogen) atoms. The molecule has 5 nitrogen and oxygen atoms in total. The molecule has 1 aliphatic heterocycles. The van der Waals surface area contributed by atoms with E-state index in [1.807, 2.05) is 14.0 Å². The van der Waals surface area contributed by atoms with E-state index < -0.39 is 0 Å². The van der Waals surface area contributed by atoms with Gasteiger partial charge in [0.05, 0.1) is 12.3 Å². The summed E-state index contributed by atoms with van der Waals surface area (Å²) in [6.07, 6.45) is 0. The molecular weight excluding hydrogens is 276 g/mol. The summed E-state index contributed by atoms with van der Waals surface area (Å²) in [6, 6.07) is 0.551. The maximum absolute atomic E-state index is 6.31. The lowest BCUT2D eigenvalue weighted by Gasteiger charge is -2.39. The van der Waals surface area contributed by atoms with Crippen LogP contribution < -0.4 is 0 Å². The number of piperazine rings is 1. The Hall–Kier alpha value is -0.620. The average Bonchev–Trinajstić information content (AvgIpc) is 2.64. The molecule has 1 aromatic rings.